The lowest BCUT2D eigenvalue weighted by Crippen LogP contribution is -2.44. The number of piperazine rings is 1. The molecule has 122 valence electrons. The molecule has 1 aromatic heterocycles. The molecular formula is C18H30N4. The molecule has 2 aliphatic rings. The topological polar surface area (TPSA) is 22.6 Å². The first kappa shape index (κ1) is 15.8. The number of piperidine rings is 1. The summed E-state index contributed by atoms with van der Waals surface area (Å²) in [4.78, 5) is 12.2. The third-order valence-corrected chi connectivity index (χ3v) is 5.19. The van der Waals surface area contributed by atoms with Gasteiger partial charge in [-0.3, -0.25) is 4.90 Å². The van der Waals surface area contributed by atoms with Crippen LogP contribution in [-0.4, -0.2) is 60.6 Å². The predicted molar refractivity (Wildman–Crippen MR) is 92.4 cm³/mol. The predicted octanol–water partition coefficient (Wildman–Crippen LogP) is 2.77. The first-order valence-corrected chi connectivity index (χ1v) is 8.80. The van der Waals surface area contributed by atoms with Gasteiger partial charge in [-0.25, -0.2) is 4.98 Å². The van der Waals surface area contributed by atoms with Crippen molar-refractivity contribution in [3.63, 3.8) is 0 Å². The highest BCUT2D eigenvalue weighted by atomic mass is 15.3. The fraction of sp³-hybridized carbons (Fsp3) is 0.722. The van der Waals surface area contributed by atoms with Gasteiger partial charge in [-0.05, 0) is 51.9 Å². The smallest absolute Gasteiger partial charge is 0.128 e. The van der Waals surface area contributed by atoms with Crippen molar-refractivity contribution >= 4 is 5.82 Å². The molecule has 2 saturated heterocycles. The lowest BCUT2D eigenvalue weighted by atomic mass is 9.95. The summed E-state index contributed by atoms with van der Waals surface area (Å²) in [5.74, 6) is 1.14. The fourth-order valence-electron chi connectivity index (χ4n) is 3.75. The summed E-state index contributed by atoms with van der Waals surface area (Å²) >= 11 is 0. The number of rotatable bonds is 3. The quantitative estimate of drug-likeness (QED) is 0.856. The summed E-state index contributed by atoms with van der Waals surface area (Å²) < 4.78 is 0. The van der Waals surface area contributed by atoms with Gasteiger partial charge in [0.25, 0.3) is 0 Å². The largest absolute Gasteiger partial charge is 0.354 e. The standard InChI is InChI=1S/C18H30N4/c1-15(2)22-9-5-4-6-17(22)16-7-8-18(19-14-16)21-12-10-20(3)11-13-21/h7-8,14-15,17H,4-6,9-13H2,1-3H3/t17-/m1/s1. The summed E-state index contributed by atoms with van der Waals surface area (Å²) in [5.41, 5.74) is 1.39. The molecule has 3 heterocycles. The van der Waals surface area contributed by atoms with E-state index < -0.39 is 0 Å². The zero-order chi connectivity index (χ0) is 15.5. The van der Waals surface area contributed by atoms with Crippen molar-refractivity contribution < 1.29 is 0 Å². The van der Waals surface area contributed by atoms with Gasteiger partial charge in [0.15, 0.2) is 0 Å². The second-order valence-corrected chi connectivity index (χ2v) is 7.08. The molecule has 1 aromatic rings. The highest BCUT2D eigenvalue weighted by molar-refractivity contribution is 5.40. The summed E-state index contributed by atoms with van der Waals surface area (Å²) in [5, 5.41) is 0. The van der Waals surface area contributed by atoms with Crippen molar-refractivity contribution in [1.29, 1.82) is 0 Å². The third-order valence-electron chi connectivity index (χ3n) is 5.19. The van der Waals surface area contributed by atoms with Crippen LogP contribution in [0.15, 0.2) is 18.3 Å². The molecule has 0 spiro atoms. The van der Waals surface area contributed by atoms with Crippen molar-refractivity contribution in [2.24, 2.45) is 0 Å². The summed E-state index contributed by atoms with van der Waals surface area (Å²) in [6, 6.07) is 5.71. The first-order chi connectivity index (χ1) is 10.6. The van der Waals surface area contributed by atoms with Crippen LogP contribution in [0.4, 0.5) is 5.82 Å². The van der Waals surface area contributed by atoms with Gasteiger partial charge in [0, 0.05) is 44.5 Å². The number of pyridine rings is 1. The van der Waals surface area contributed by atoms with Gasteiger partial charge in [0.2, 0.25) is 0 Å². The maximum atomic E-state index is 4.78. The summed E-state index contributed by atoms with van der Waals surface area (Å²) in [7, 11) is 2.19. The van der Waals surface area contributed by atoms with Gasteiger partial charge < -0.3 is 9.80 Å². The van der Waals surface area contributed by atoms with E-state index in [-0.39, 0.29) is 0 Å². The lowest BCUT2D eigenvalue weighted by Gasteiger charge is -2.39. The highest BCUT2D eigenvalue weighted by Crippen LogP contribution is 2.32. The molecule has 0 aliphatic carbocycles. The monoisotopic (exact) mass is 302 g/mol. The van der Waals surface area contributed by atoms with Crippen molar-refractivity contribution in [3.8, 4) is 0 Å². The number of aromatic nitrogens is 1. The molecule has 2 aliphatic heterocycles. The van der Waals surface area contributed by atoms with Gasteiger partial charge in [-0.2, -0.15) is 0 Å². The average Bonchev–Trinajstić information content (AvgIpc) is 2.56. The molecular weight excluding hydrogens is 272 g/mol. The van der Waals surface area contributed by atoms with E-state index in [1.807, 2.05) is 0 Å². The van der Waals surface area contributed by atoms with Gasteiger partial charge in [0.05, 0.1) is 0 Å². The molecule has 0 saturated carbocycles. The van der Waals surface area contributed by atoms with E-state index in [4.69, 9.17) is 4.98 Å². The Hall–Kier alpha value is -1.13. The molecule has 3 rings (SSSR count). The number of hydrogen-bond acceptors (Lipinski definition) is 4. The Morgan fingerprint density at radius 3 is 2.45 bits per heavy atom. The third kappa shape index (κ3) is 3.44. The van der Waals surface area contributed by atoms with Gasteiger partial charge >= 0.3 is 0 Å². The van der Waals surface area contributed by atoms with Crippen LogP contribution in [0.5, 0.6) is 0 Å². The number of anilines is 1. The van der Waals surface area contributed by atoms with Crippen LogP contribution in [0.3, 0.4) is 0 Å². The molecule has 0 bridgehead atoms. The molecule has 1 atom stereocenters. The van der Waals surface area contributed by atoms with Crippen LogP contribution >= 0.6 is 0 Å². The van der Waals surface area contributed by atoms with E-state index in [1.54, 1.807) is 0 Å². The van der Waals surface area contributed by atoms with Crippen molar-refractivity contribution in [2.75, 3.05) is 44.7 Å². The minimum Gasteiger partial charge on any atom is -0.354 e. The second kappa shape index (κ2) is 6.97. The zero-order valence-corrected chi connectivity index (χ0v) is 14.3. The Balaban J connectivity index is 1.70. The fourth-order valence-corrected chi connectivity index (χ4v) is 3.75. The summed E-state index contributed by atoms with van der Waals surface area (Å²) in [6.45, 7) is 10.3. The maximum absolute atomic E-state index is 4.78. The SMILES string of the molecule is CC(C)N1CCCC[C@@H]1c1ccc(N2CCN(C)CC2)nc1. The van der Waals surface area contributed by atoms with E-state index in [9.17, 15) is 0 Å². The van der Waals surface area contributed by atoms with E-state index in [0.29, 0.717) is 12.1 Å². The molecule has 0 aromatic carbocycles. The van der Waals surface area contributed by atoms with Crippen molar-refractivity contribution in [1.82, 2.24) is 14.8 Å². The van der Waals surface area contributed by atoms with Crippen LogP contribution in [-0.2, 0) is 0 Å². The van der Waals surface area contributed by atoms with E-state index in [1.165, 1.54) is 31.4 Å². The van der Waals surface area contributed by atoms with Gasteiger partial charge in [-0.15, -0.1) is 0 Å². The Labute approximate surface area is 135 Å². The lowest BCUT2D eigenvalue weighted by molar-refractivity contribution is 0.112. The Morgan fingerprint density at radius 2 is 1.82 bits per heavy atom. The molecule has 22 heavy (non-hydrogen) atoms. The molecule has 0 N–H and O–H groups in total. The van der Waals surface area contributed by atoms with Gasteiger partial charge in [0.1, 0.15) is 5.82 Å². The van der Waals surface area contributed by atoms with Crippen LogP contribution in [0.2, 0.25) is 0 Å². The summed E-state index contributed by atoms with van der Waals surface area (Å²) in [6.07, 6.45) is 6.07. The molecule has 4 heteroatoms. The second-order valence-electron chi connectivity index (χ2n) is 7.08. The number of nitrogens with zero attached hydrogens (tertiary/aromatic N) is 4. The molecule has 0 amide bonds. The Kier molecular flexibility index (Phi) is 4.99. The number of hydrogen-bond donors (Lipinski definition) is 0. The van der Waals surface area contributed by atoms with Crippen molar-refractivity contribution in [3.05, 3.63) is 23.9 Å². The average molecular weight is 302 g/mol. The normalized spacial score (nSPS) is 24.9. The highest BCUT2D eigenvalue weighted by Gasteiger charge is 2.26. The molecule has 0 unspecified atom stereocenters. The van der Waals surface area contributed by atoms with Crippen LogP contribution in [0.25, 0.3) is 0 Å². The Morgan fingerprint density at radius 1 is 1.05 bits per heavy atom. The maximum Gasteiger partial charge on any atom is 0.128 e. The van der Waals surface area contributed by atoms with Crippen LogP contribution in [0, 0.1) is 0 Å². The first-order valence-electron chi connectivity index (χ1n) is 8.80. The molecule has 4 nitrogen and oxygen atoms in total. The molecule has 2 fully saturated rings. The van der Waals surface area contributed by atoms with Crippen LogP contribution < -0.4 is 4.90 Å². The number of likely N-dealkylation sites (tertiary alicyclic amines) is 1. The zero-order valence-electron chi connectivity index (χ0n) is 14.3. The minimum atomic E-state index is 0.558. The minimum absolute atomic E-state index is 0.558. The number of likely N-dealkylation sites (N-methyl/N-ethyl adjacent to an activating group) is 1. The Bertz CT molecular complexity index is 462. The van der Waals surface area contributed by atoms with Crippen molar-refractivity contribution in [2.45, 2.75) is 45.2 Å². The van der Waals surface area contributed by atoms with E-state index >= 15 is 0 Å². The van der Waals surface area contributed by atoms with E-state index in [2.05, 4.69) is 53.9 Å². The van der Waals surface area contributed by atoms with Crippen LogP contribution in [0.1, 0.15) is 44.7 Å². The van der Waals surface area contributed by atoms with E-state index in [0.717, 1.165) is 32.0 Å². The van der Waals surface area contributed by atoms with Gasteiger partial charge in [-0.1, -0.05) is 12.5 Å². The molecule has 0 radical (unpaired) electrons.